The highest BCUT2D eigenvalue weighted by Gasteiger charge is 2.34. The Balaban J connectivity index is 1.71. The summed E-state index contributed by atoms with van der Waals surface area (Å²) in [5, 5.41) is 9.36. The molecule has 1 fully saturated rings. The molecule has 1 aliphatic heterocycles. The molecular weight excluding hydrogens is 447 g/mol. The van der Waals surface area contributed by atoms with Gasteiger partial charge in [0.05, 0.1) is 21.3 Å². The fourth-order valence-corrected chi connectivity index (χ4v) is 4.16. The van der Waals surface area contributed by atoms with Gasteiger partial charge in [-0.15, -0.1) is 0 Å². The van der Waals surface area contributed by atoms with E-state index in [1.54, 1.807) is 42.5 Å². The van der Waals surface area contributed by atoms with E-state index in [1.165, 1.54) is 4.90 Å². The number of hydrogen-bond acceptors (Lipinski definition) is 5. The smallest absolute Gasteiger partial charge is 0.303 e. The Morgan fingerprint density at radius 3 is 2.70 bits per heavy atom. The van der Waals surface area contributed by atoms with Crippen LogP contribution in [0.5, 0.6) is 0 Å². The van der Waals surface area contributed by atoms with Crippen LogP contribution in [0.4, 0.5) is 4.79 Å². The zero-order valence-corrected chi connectivity index (χ0v) is 18.1. The van der Waals surface area contributed by atoms with Gasteiger partial charge in [0.15, 0.2) is 0 Å². The molecule has 0 aliphatic carbocycles. The number of aliphatic carboxylic acids is 1. The van der Waals surface area contributed by atoms with Crippen molar-refractivity contribution in [3.8, 4) is 11.3 Å². The number of imide groups is 1. The topological polar surface area (TPSA) is 87.6 Å². The van der Waals surface area contributed by atoms with Crippen molar-refractivity contribution in [2.75, 3.05) is 6.54 Å². The average molecular weight is 465 g/mol. The van der Waals surface area contributed by atoms with Gasteiger partial charge in [-0.3, -0.25) is 19.3 Å². The van der Waals surface area contributed by atoms with Crippen molar-refractivity contribution in [3.05, 3.63) is 57.0 Å². The minimum Gasteiger partial charge on any atom is -0.481 e. The van der Waals surface area contributed by atoms with Crippen molar-refractivity contribution in [2.45, 2.75) is 25.7 Å². The summed E-state index contributed by atoms with van der Waals surface area (Å²) in [5.74, 6) is -1.21. The minimum absolute atomic E-state index is 0.0838. The first kappa shape index (κ1) is 22.3. The lowest BCUT2D eigenvalue weighted by atomic mass is 10.1. The molecule has 0 bridgehead atoms. The molecule has 2 heterocycles. The molecule has 2 aromatic rings. The zero-order valence-electron chi connectivity index (χ0n) is 15.8. The number of carboxylic acids is 1. The van der Waals surface area contributed by atoms with Crippen LogP contribution in [0.2, 0.25) is 10.0 Å². The van der Waals surface area contributed by atoms with Gasteiger partial charge in [0, 0.05) is 23.6 Å². The SMILES string of the molecule is O=C(O)CCCCCN1C(=O)SC(=Cc2cccc(-c3cc(Cl)ccc3Cl)n2)C1=O. The van der Waals surface area contributed by atoms with Crippen molar-refractivity contribution in [1.82, 2.24) is 9.88 Å². The number of unbranched alkanes of at least 4 members (excludes halogenated alkanes) is 2. The molecule has 1 saturated heterocycles. The van der Waals surface area contributed by atoms with E-state index in [0.29, 0.717) is 51.2 Å². The maximum Gasteiger partial charge on any atom is 0.303 e. The molecule has 3 rings (SSSR count). The number of hydrogen-bond donors (Lipinski definition) is 1. The normalized spacial score (nSPS) is 15.3. The monoisotopic (exact) mass is 464 g/mol. The minimum atomic E-state index is -0.849. The number of amides is 2. The van der Waals surface area contributed by atoms with Gasteiger partial charge >= 0.3 is 5.97 Å². The fraction of sp³-hybridized carbons (Fsp3) is 0.238. The number of benzene rings is 1. The predicted octanol–water partition coefficient (Wildman–Crippen LogP) is 5.74. The predicted molar refractivity (Wildman–Crippen MR) is 118 cm³/mol. The van der Waals surface area contributed by atoms with Gasteiger partial charge in [-0.05, 0) is 61.0 Å². The summed E-state index contributed by atoms with van der Waals surface area (Å²) in [5.41, 5.74) is 1.80. The van der Waals surface area contributed by atoms with Crippen LogP contribution in [-0.2, 0) is 9.59 Å². The average Bonchev–Trinajstić information content (AvgIpc) is 2.96. The Labute approximate surface area is 187 Å². The van der Waals surface area contributed by atoms with Crippen LogP contribution in [0.15, 0.2) is 41.3 Å². The summed E-state index contributed by atoms with van der Waals surface area (Å²) >= 11 is 13.2. The van der Waals surface area contributed by atoms with Crippen LogP contribution in [0.3, 0.4) is 0 Å². The number of carboxylic acid groups (broad SMARTS) is 1. The van der Waals surface area contributed by atoms with Crippen LogP contribution in [0.1, 0.15) is 31.4 Å². The van der Waals surface area contributed by atoms with Crippen molar-refractivity contribution >= 4 is 58.2 Å². The first-order valence-corrected chi connectivity index (χ1v) is 10.8. The highest BCUT2D eigenvalue weighted by Crippen LogP contribution is 2.33. The molecule has 0 spiro atoms. The van der Waals surface area contributed by atoms with Crippen LogP contribution in [0.25, 0.3) is 17.3 Å². The number of thioether (sulfide) groups is 1. The van der Waals surface area contributed by atoms with E-state index in [2.05, 4.69) is 4.98 Å². The second-order valence-electron chi connectivity index (χ2n) is 6.61. The third-order valence-corrected chi connectivity index (χ3v) is 5.87. The number of nitrogens with zero attached hydrogens (tertiary/aromatic N) is 2. The molecular formula is C21H18Cl2N2O4S. The molecule has 0 radical (unpaired) electrons. The second kappa shape index (κ2) is 10.1. The molecule has 0 unspecified atom stereocenters. The Morgan fingerprint density at radius 2 is 1.93 bits per heavy atom. The van der Waals surface area contributed by atoms with E-state index < -0.39 is 5.97 Å². The van der Waals surface area contributed by atoms with Gasteiger partial charge in [0.2, 0.25) is 0 Å². The van der Waals surface area contributed by atoms with Crippen LogP contribution in [0, 0.1) is 0 Å². The molecule has 1 N–H and O–H groups in total. The summed E-state index contributed by atoms with van der Waals surface area (Å²) in [6.07, 6.45) is 3.39. The number of halogens is 2. The van der Waals surface area contributed by atoms with Gasteiger partial charge in [-0.2, -0.15) is 0 Å². The third-order valence-electron chi connectivity index (χ3n) is 4.40. The largest absolute Gasteiger partial charge is 0.481 e. The number of rotatable bonds is 8. The highest BCUT2D eigenvalue weighted by molar-refractivity contribution is 8.18. The van der Waals surface area contributed by atoms with Crippen molar-refractivity contribution in [3.63, 3.8) is 0 Å². The number of carbonyl (C=O) groups excluding carboxylic acids is 2. The summed E-state index contributed by atoms with van der Waals surface area (Å²) in [6.45, 7) is 0.271. The molecule has 1 aromatic heterocycles. The lowest BCUT2D eigenvalue weighted by Gasteiger charge is -2.11. The molecule has 156 valence electrons. The molecule has 1 aliphatic rings. The fourth-order valence-electron chi connectivity index (χ4n) is 2.93. The van der Waals surface area contributed by atoms with E-state index in [9.17, 15) is 14.4 Å². The third kappa shape index (κ3) is 5.62. The molecule has 2 amide bonds. The summed E-state index contributed by atoms with van der Waals surface area (Å²) in [6, 6.07) is 10.4. The molecule has 0 saturated carbocycles. The van der Waals surface area contributed by atoms with Crippen molar-refractivity contribution < 1.29 is 19.5 Å². The first-order chi connectivity index (χ1) is 14.3. The number of aromatic nitrogens is 1. The van der Waals surface area contributed by atoms with Gasteiger partial charge in [-0.25, -0.2) is 4.98 Å². The van der Waals surface area contributed by atoms with Crippen LogP contribution < -0.4 is 0 Å². The second-order valence-corrected chi connectivity index (χ2v) is 8.45. The van der Waals surface area contributed by atoms with Crippen molar-refractivity contribution in [2.24, 2.45) is 0 Å². The number of pyridine rings is 1. The Kier molecular flexibility index (Phi) is 7.53. The lowest BCUT2D eigenvalue weighted by molar-refractivity contribution is -0.137. The van der Waals surface area contributed by atoms with E-state index in [0.717, 1.165) is 11.8 Å². The molecule has 0 atom stereocenters. The lowest BCUT2D eigenvalue weighted by Crippen LogP contribution is -2.29. The summed E-state index contributed by atoms with van der Waals surface area (Å²) < 4.78 is 0. The van der Waals surface area contributed by atoms with E-state index >= 15 is 0 Å². The molecule has 1 aromatic carbocycles. The number of carbonyl (C=O) groups is 3. The molecule has 30 heavy (non-hydrogen) atoms. The maximum atomic E-state index is 12.6. The van der Waals surface area contributed by atoms with Crippen molar-refractivity contribution in [1.29, 1.82) is 0 Å². The van der Waals surface area contributed by atoms with E-state index in [4.69, 9.17) is 28.3 Å². The Morgan fingerprint density at radius 1 is 1.13 bits per heavy atom. The molecule has 6 nitrogen and oxygen atoms in total. The van der Waals surface area contributed by atoms with Gasteiger partial charge < -0.3 is 5.11 Å². The van der Waals surface area contributed by atoms with Crippen LogP contribution in [-0.4, -0.2) is 38.7 Å². The summed E-state index contributed by atoms with van der Waals surface area (Å²) in [7, 11) is 0. The van der Waals surface area contributed by atoms with Gasteiger partial charge in [0.1, 0.15) is 0 Å². The Bertz CT molecular complexity index is 1030. The van der Waals surface area contributed by atoms with Gasteiger partial charge in [-0.1, -0.05) is 35.7 Å². The molecule has 9 heteroatoms. The first-order valence-electron chi connectivity index (χ1n) is 9.25. The maximum absolute atomic E-state index is 12.6. The quantitative estimate of drug-likeness (QED) is 0.395. The standard InChI is InChI=1S/C21H18Cl2N2O4S/c22-13-8-9-16(23)15(11-13)17-6-4-5-14(24-17)12-18-20(28)25(21(29)30-18)10-3-1-2-7-19(26)27/h4-6,8-9,11-12H,1-3,7,10H2,(H,26,27). The van der Waals surface area contributed by atoms with E-state index in [-0.39, 0.29) is 24.1 Å². The highest BCUT2D eigenvalue weighted by atomic mass is 35.5. The zero-order chi connectivity index (χ0) is 21.7. The Hall–Kier alpha value is -2.35. The van der Waals surface area contributed by atoms with E-state index in [1.807, 2.05) is 0 Å². The van der Waals surface area contributed by atoms with Gasteiger partial charge in [0.25, 0.3) is 11.1 Å². The summed E-state index contributed by atoms with van der Waals surface area (Å²) in [4.78, 5) is 41.4. The van der Waals surface area contributed by atoms with Crippen LogP contribution >= 0.6 is 35.0 Å².